The Morgan fingerprint density at radius 3 is 2.91 bits per heavy atom. The highest BCUT2D eigenvalue weighted by Crippen LogP contribution is 2.18. The molecule has 114 valence electrons. The fraction of sp³-hybridized carbons (Fsp3) is 0.118. The van der Waals surface area contributed by atoms with Crippen LogP contribution >= 0.6 is 11.6 Å². The van der Waals surface area contributed by atoms with E-state index in [1.807, 2.05) is 30.3 Å². The lowest BCUT2D eigenvalue weighted by Crippen LogP contribution is -2.00. The lowest BCUT2D eigenvalue weighted by Gasteiger charge is -2.05. The molecular formula is C17H12ClN3O2. The Kier molecular flexibility index (Phi) is 4.55. The smallest absolute Gasteiger partial charge is 0.213 e. The largest absolute Gasteiger partial charge is 0.473 e. The second-order valence-corrected chi connectivity index (χ2v) is 5.32. The highest BCUT2D eigenvalue weighted by atomic mass is 35.5. The van der Waals surface area contributed by atoms with Crippen molar-refractivity contribution in [3.63, 3.8) is 0 Å². The summed E-state index contributed by atoms with van der Waals surface area (Å²) in [4.78, 5) is 4.06. The second-order valence-electron chi connectivity index (χ2n) is 4.88. The molecule has 3 rings (SSSR count). The van der Waals surface area contributed by atoms with Crippen molar-refractivity contribution in [2.75, 3.05) is 0 Å². The molecule has 0 saturated heterocycles. The van der Waals surface area contributed by atoms with Gasteiger partial charge >= 0.3 is 0 Å². The number of pyridine rings is 1. The molecule has 1 aromatic carbocycles. The van der Waals surface area contributed by atoms with Gasteiger partial charge in [0.05, 0.1) is 16.8 Å². The van der Waals surface area contributed by atoms with Crippen LogP contribution in [0.25, 0.3) is 0 Å². The fourth-order valence-electron chi connectivity index (χ4n) is 2.07. The van der Waals surface area contributed by atoms with E-state index < -0.39 is 0 Å². The molecule has 0 aliphatic carbocycles. The van der Waals surface area contributed by atoms with Crippen molar-refractivity contribution < 1.29 is 9.26 Å². The molecule has 0 radical (unpaired) electrons. The van der Waals surface area contributed by atoms with Gasteiger partial charge in [0, 0.05) is 23.7 Å². The van der Waals surface area contributed by atoms with E-state index in [1.54, 1.807) is 18.4 Å². The molecule has 0 saturated carbocycles. The van der Waals surface area contributed by atoms with E-state index >= 15 is 0 Å². The summed E-state index contributed by atoms with van der Waals surface area (Å²) in [7, 11) is 0. The number of rotatable bonds is 5. The first-order valence-corrected chi connectivity index (χ1v) is 7.28. The Balaban J connectivity index is 1.67. The van der Waals surface area contributed by atoms with Crippen molar-refractivity contribution in [2.24, 2.45) is 0 Å². The minimum absolute atomic E-state index is 0.290. The maximum absolute atomic E-state index is 8.74. The van der Waals surface area contributed by atoms with Gasteiger partial charge in [0.1, 0.15) is 18.9 Å². The third-order valence-electron chi connectivity index (χ3n) is 3.23. The molecule has 0 spiro atoms. The van der Waals surface area contributed by atoms with E-state index in [1.165, 1.54) is 6.20 Å². The molecule has 0 aliphatic rings. The van der Waals surface area contributed by atoms with Crippen LogP contribution in [0.4, 0.5) is 0 Å². The average Bonchev–Trinajstić information content (AvgIpc) is 3.00. The van der Waals surface area contributed by atoms with Gasteiger partial charge in [-0.3, -0.25) is 0 Å². The summed E-state index contributed by atoms with van der Waals surface area (Å²) in [6.07, 6.45) is 3.63. The number of ether oxygens (including phenoxy) is 1. The normalized spacial score (nSPS) is 10.3. The topological polar surface area (TPSA) is 71.9 Å². The zero-order valence-corrected chi connectivity index (χ0v) is 12.8. The second kappa shape index (κ2) is 6.95. The summed E-state index contributed by atoms with van der Waals surface area (Å²) in [5.74, 6) is 0.443. The summed E-state index contributed by atoms with van der Waals surface area (Å²) in [6, 6.07) is 12.9. The molecule has 3 aromatic rings. The first-order valence-electron chi connectivity index (χ1n) is 6.90. The minimum Gasteiger partial charge on any atom is -0.473 e. The van der Waals surface area contributed by atoms with E-state index in [9.17, 15) is 0 Å². The number of hydrogen-bond acceptors (Lipinski definition) is 5. The first kappa shape index (κ1) is 15.1. The first-order chi connectivity index (χ1) is 11.2. The standard InChI is InChI=1S/C17H12ClN3O2/c18-15-3-1-2-12(6-15)7-16-14(11-23-21-16)10-22-17-5-4-13(8-19)9-20-17/h1-6,9,11H,7,10H2. The number of hydrogen-bond donors (Lipinski definition) is 0. The van der Waals surface area contributed by atoms with E-state index in [4.69, 9.17) is 26.1 Å². The van der Waals surface area contributed by atoms with Crippen LogP contribution in [0.15, 0.2) is 53.4 Å². The summed E-state index contributed by atoms with van der Waals surface area (Å²) < 4.78 is 10.7. The molecule has 2 aromatic heterocycles. The van der Waals surface area contributed by atoms with Crippen LogP contribution in [-0.2, 0) is 13.0 Å². The van der Waals surface area contributed by atoms with Crippen LogP contribution in [0.1, 0.15) is 22.4 Å². The van der Waals surface area contributed by atoms with Gasteiger partial charge in [-0.15, -0.1) is 0 Å². The molecule has 0 amide bonds. The number of nitrogens with zero attached hydrogens (tertiary/aromatic N) is 3. The molecule has 0 bridgehead atoms. The Labute approximate surface area is 138 Å². The summed E-state index contributed by atoms with van der Waals surface area (Å²) in [6.45, 7) is 0.290. The molecule has 0 aliphatic heterocycles. The molecule has 0 N–H and O–H groups in total. The predicted octanol–water partition coefficient (Wildman–Crippen LogP) is 3.76. The minimum atomic E-state index is 0.290. The van der Waals surface area contributed by atoms with Crippen LogP contribution in [0.5, 0.6) is 5.88 Å². The molecule has 0 atom stereocenters. The molecule has 23 heavy (non-hydrogen) atoms. The van der Waals surface area contributed by atoms with E-state index in [0.717, 1.165) is 16.8 Å². The van der Waals surface area contributed by atoms with Crippen molar-refractivity contribution in [1.29, 1.82) is 5.26 Å². The summed E-state index contributed by atoms with van der Waals surface area (Å²) in [5, 5.41) is 13.4. The van der Waals surface area contributed by atoms with Crippen molar-refractivity contribution in [1.82, 2.24) is 10.1 Å². The van der Waals surface area contributed by atoms with Gasteiger partial charge < -0.3 is 9.26 Å². The van der Waals surface area contributed by atoms with Gasteiger partial charge in [-0.2, -0.15) is 5.26 Å². The monoisotopic (exact) mass is 325 g/mol. The van der Waals surface area contributed by atoms with Gasteiger partial charge in [0.2, 0.25) is 5.88 Å². The van der Waals surface area contributed by atoms with Crippen molar-refractivity contribution in [3.05, 3.63) is 76.3 Å². The number of benzene rings is 1. The van der Waals surface area contributed by atoms with Crippen LogP contribution in [0.2, 0.25) is 5.02 Å². The summed E-state index contributed by atoms with van der Waals surface area (Å²) in [5.41, 5.74) is 3.17. The van der Waals surface area contributed by atoms with Gasteiger partial charge in [-0.1, -0.05) is 28.9 Å². The molecule has 2 heterocycles. The SMILES string of the molecule is N#Cc1ccc(OCc2conc2Cc2cccc(Cl)c2)nc1. The van der Waals surface area contributed by atoms with Crippen LogP contribution in [0, 0.1) is 11.3 Å². The predicted molar refractivity (Wildman–Crippen MR) is 84.0 cm³/mol. The Morgan fingerprint density at radius 1 is 1.26 bits per heavy atom. The van der Waals surface area contributed by atoms with Crippen molar-refractivity contribution >= 4 is 11.6 Å². The molecule has 5 nitrogen and oxygen atoms in total. The molecular weight excluding hydrogens is 314 g/mol. The number of halogens is 1. The maximum atomic E-state index is 8.74. The highest BCUT2D eigenvalue weighted by molar-refractivity contribution is 6.30. The van der Waals surface area contributed by atoms with Gasteiger partial charge in [-0.05, 0) is 23.8 Å². The lowest BCUT2D eigenvalue weighted by atomic mass is 10.1. The van der Waals surface area contributed by atoms with Gasteiger partial charge in [-0.25, -0.2) is 4.98 Å². The van der Waals surface area contributed by atoms with Crippen molar-refractivity contribution in [3.8, 4) is 11.9 Å². The van der Waals surface area contributed by atoms with E-state index in [2.05, 4.69) is 10.1 Å². The third kappa shape index (κ3) is 3.87. The summed E-state index contributed by atoms with van der Waals surface area (Å²) >= 11 is 5.99. The average molecular weight is 326 g/mol. The lowest BCUT2D eigenvalue weighted by molar-refractivity contribution is 0.291. The zero-order valence-electron chi connectivity index (χ0n) is 12.1. The van der Waals surface area contributed by atoms with Crippen molar-refractivity contribution in [2.45, 2.75) is 13.0 Å². The van der Waals surface area contributed by atoms with E-state index in [-0.39, 0.29) is 6.61 Å². The number of nitriles is 1. The maximum Gasteiger partial charge on any atom is 0.213 e. The van der Waals surface area contributed by atoms with Gasteiger partial charge in [0.25, 0.3) is 0 Å². The van der Waals surface area contributed by atoms with Gasteiger partial charge in [0.15, 0.2) is 0 Å². The van der Waals surface area contributed by atoms with E-state index in [0.29, 0.717) is 22.9 Å². The van der Waals surface area contributed by atoms with Crippen LogP contribution in [-0.4, -0.2) is 10.1 Å². The molecule has 0 unspecified atom stereocenters. The third-order valence-corrected chi connectivity index (χ3v) is 3.47. The fourth-order valence-corrected chi connectivity index (χ4v) is 2.28. The quantitative estimate of drug-likeness (QED) is 0.714. The zero-order chi connectivity index (χ0) is 16.1. The molecule has 0 fully saturated rings. The number of aromatic nitrogens is 2. The Bertz CT molecular complexity index is 838. The van der Waals surface area contributed by atoms with Crippen LogP contribution in [0.3, 0.4) is 0 Å². The highest BCUT2D eigenvalue weighted by Gasteiger charge is 2.10. The molecule has 6 heteroatoms. The van der Waals surface area contributed by atoms with Crippen LogP contribution < -0.4 is 4.74 Å². The Morgan fingerprint density at radius 2 is 2.17 bits per heavy atom. The Hall–Kier alpha value is -2.84.